The lowest BCUT2D eigenvalue weighted by Gasteiger charge is -2.11. The predicted molar refractivity (Wildman–Crippen MR) is 80.9 cm³/mol. The lowest BCUT2D eigenvalue weighted by Crippen LogP contribution is -2.06. The molecule has 22 heavy (non-hydrogen) atoms. The summed E-state index contributed by atoms with van der Waals surface area (Å²) < 4.78 is 5.24. The first-order valence-electron chi connectivity index (χ1n) is 6.60. The molecule has 1 aromatic heterocycles. The Morgan fingerprint density at radius 2 is 1.95 bits per heavy atom. The van der Waals surface area contributed by atoms with Gasteiger partial charge in [-0.3, -0.25) is 15.1 Å². The van der Waals surface area contributed by atoms with Crippen molar-refractivity contribution < 1.29 is 14.5 Å². The Bertz CT molecular complexity index is 698. The minimum atomic E-state index is -0.567. The van der Waals surface area contributed by atoms with E-state index in [0.717, 1.165) is 5.56 Å². The topological polar surface area (TPSA) is 82.3 Å². The number of nitro benzene ring substituents is 1. The molecule has 1 heterocycles. The van der Waals surface area contributed by atoms with Gasteiger partial charge in [-0.05, 0) is 36.8 Å². The van der Waals surface area contributed by atoms with Crippen LogP contribution in [0.5, 0.6) is 0 Å². The van der Waals surface area contributed by atoms with Crippen molar-refractivity contribution in [1.29, 1.82) is 0 Å². The number of pyridine rings is 1. The summed E-state index contributed by atoms with van der Waals surface area (Å²) in [6.07, 6.45) is 5.36. The summed E-state index contributed by atoms with van der Waals surface area (Å²) in [5.74, 6) is -0.567. The summed E-state index contributed by atoms with van der Waals surface area (Å²) in [5, 5.41) is 10.9. The highest BCUT2D eigenvalue weighted by Gasteiger charge is 2.12. The number of aromatic nitrogens is 1. The average Bonchev–Trinajstić information content (AvgIpc) is 2.54. The molecular weight excluding hydrogens is 284 g/mol. The number of ether oxygens (including phenoxy) is 1. The Morgan fingerprint density at radius 3 is 2.64 bits per heavy atom. The molecule has 0 saturated heterocycles. The largest absolute Gasteiger partial charge is 0.455 e. The Balaban J connectivity index is 2.05. The molecule has 6 nitrogen and oxygen atoms in total. The maximum Gasteiger partial charge on any atom is 0.331 e. The number of carbonyl (C=O) groups excluding carboxylic acids is 1. The normalized spacial score (nSPS) is 12.0. The van der Waals surface area contributed by atoms with E-state index in [2.05, 4.69) is 4.98 Å². The zero-order chi connectivity index (χ0) is 15.9. The first kappa shape index (κ1) is 15.4. The van der Waals surface area contributed by atoms with Crippen LogP contribution in [0.4, 0.5) is 5.69 Å². The SMILES string of the molecule is C[C@@H](OC(=O)/C=C/c1ccccc1[N+](=O)[O-])c1ccncc1. The van der Waals surface area contributed by atoms with Crippen LogP contribution >= 0.6 is 0 Å². The minimum absolute atomic E-state index is 0.0614. The van der Waals surface area contributed by atoms with E-state index in [4.69, 9.17) is 4.74 Å². The molecule has 0 fully saturated rings. The first-order valence-corrected chi connectivity index (χ1v) is 6.60. The fraction of sp³-hybridized carbons (Fsp3) is 0.125. The van der Waals surface area contributed by atoms with E-state index in [1.54, 1.807) is 49.6 Å². The molecule has 2 rings (SSSR count). The second-order valence-corrected chi connectivity index (χ2v) is 4.51. The van der Waals surface area contributed by atoms with E-state index in [0.29, 0.717) is 5.56 Å². The standard InChI is InChI=1S/C16H14N2O4/c1-12(13-8-10-17-11-9-13)22-16(19)7-6-14-4-2-3-5-15(14)18(20)21/h2-12H,1H3/b7-6+/t12-/m1/s1. The molecule has 0 N–H and O–H groups in total. The van der Waals surface area contributed by atoms with Crippen molar-refractivity contribution in [2.24, 2.45) is 0 Å². The molecule has 0 radical (unpaired) electrons. The number of nitrogens with zero attached hydrogens (tertiary/aromatic N) is 2. The quantitative estimate of drug-likeness (QED) is 0.366. The highest BCUT2D eigenvalue weighted by Crippen LogP contribution is 2.20. The predicted octanol–water partition coefficient (Wildman–Crippen LogP) is 3.31. The molecule has 1 atom stereocenters. The molecule has 0 saturated carbocycles. The number of nitro groups is 1. The molecule has 0 aliphatic heterocycles. The van der Waals surface area contributed by atoms with Gasteiger partial charge in [-0.2, -0.15) is 0 Å². The first-order chi connectivity index (χ1) is 10.6. The Morgan fingerprint density at radius 1 is 1.27 bits per heavy atom. The van der Waals surface area contributed by atoms with Gasteiger partial charge in [-0.25, -0.2) is 4.79 Å². The number of benzene rings is 1. The Kier molecular flexibility index (Phi) is 4.98. The van der Waals surface area contributed by atoms with Crippen LogP contribution in [0.25, 0.3) is 6.08 Å². The summed E-state index contributed by atoms with van der Waals surface area (Å²) in [7, 11) is 0. The van der Waals surface area contributed by atoms with Gasteiger partial charge in [0.1, 0.15) is 6.10 Å². The van der Waals surface area contributed by atoms with Crippen molar-refractivity contribution in [3.05, 3.63) is 76.1 Å². The van der Waals surface area contributed by atoms with Gasteiger partial charge in [0.15, 0.2) is 0 Å². The van der Waals surface area contributed by atoms with Gasteiger partial charge in [0.2, 0.25) is 0 Å². The van der Waals surface area contributed by atoms with Gasteiger partial charge in [-0.15, -0.1) is 0 Å². The number of carbonyl (C=O) groups is 1. The Hall–Kier alpha value is -3.02. The molecule has 0 amide bonds. The molecular formula is C16H14N2O4. The van der Waals surface area contributed by atoms with E-state index in [9.17, 15) is 14.9 Å². The summed E-state index contributed by atoms with van der Waals surface area (Å²) in [6.45, 7) is 1.74. The smallest absolute Gasteiger partial charge is 0.331 e. The lowest BCUT2D eigenvalue weighted by atomic mass is 10.1. The molecule has 0 aliphatic carbocycles. The van der Waals surface area contributed by atoms with Crippen molar-refractivity contribution in [3.63, 3.8) is 0 Å². The molecule has 0 spiro atoms. The third kappa shape index (κ3) is 3.99. The van der Waals surface area contributed by atoms with E-state index in [1.807, 2.05) is 0 Å². The van der Waals surface area contributed by atoms with Crippen molar-refractivity contribution in [2.75, 3.05) is 0 Å². The van der Waals surface area contributed by atoms with Crippen LogP contribution in [0.15, 0.2) is 54.9 Å². The van der Waals surface area contributed by atoms with Crippen LogP contribution in [0.1, 0.15) is 24.2 Å². The zero-order valence-electron chi connectivity index (χ0n) is 11.9. The number of esters is 1. The maximum absolute atomic E-state index is 11.8. The fourth-order valence-electron chi connectivity index (χ4n) is 1.87. The average molecular weight is 298 g/mol. The van der Waals surface area contributed by atoms with E-state index >= 15 is 0 Å². The summed E-state index contributed by atoms with van der Waals surface area (Å²) in [5.41, 5.74) is 1.11. The number of rotatable bonds is 5. The van der Waals surface area contributed by atoms with Crippen LogP contribution in [0, 0.1) is 10.1 Å². The van der Waals surface area contributed by atoms with Crippen molar-refractivity contribution in [1.82, 2.24) is 4.98 Å². The highest BCUT2D eigenvalue weighted by molar-refractivity contribution is 5.88. The number of hydrogen-bond acceptors (Lipinski definition) is 5. The molecule has 0 bridgehead atoms. The number of hydrogen-bond donors (Lipinski definition) is 0. The molecule has 6 heteroatoms. The molecule has 0 aliphatic rings. The van der Waals surface area contributed by atoms with Gasteiger partial charge in [0, 0.05) is 24.5 Å². The summed E-state index contributed by atoms with van der Waals surface area (Å²) in [6, 6.07) is 9.68. The Labute approximate surface area is 127 Å². The van der Waals surface area contributed by atoms with Crippen LogP contribution in [-0.2, 0) is 9.53 Å². The second kappa shape index (κ2) is 7.12. The fourth-order valence-corrected chi connectivity index (χ4v) is 1.87. The molecule has 2 aromatic rings. The van der Waals surface area contributed by atoms with Gasteiger partial charge in [-0.1, -0.05) is 12.1 Å². The minimum Gasteiger partial charge on any atom is -0.455 e. The van der Waals surface area contributed by atoms with E-state index in [-0.39, 0.29) is 5.69 Å². The molecule has 112 valence electrons. The van der Waals surface area contributed by atoms with Crippen molar-refractivity contribution >= 4 is 17.7 Å². The lowest BCUT2D eigenvalue weighted by molar-refractivity contribution is -0.385. The highest BCUT2D eigenvalue weighted by atomic mass is 16.6. The monoisotopic (exact) mass is 298 g/mol. The second-order valence-electron chi connectivity index (χ2n) is 4.51. The van der Waals surface area contributed by atoms with Crippen molar-refractivity contribution in [3.8, 4) is 0 Å². The van der Waals surface area contributed by atoms with Crippen molar-refractivity contribution in [2.45, 2.75) is 13.0 Å². The third-order valence-corrected chi connectivity index (χ3v) is 3.00. The summed E-state index contributed by atoms with van der Waals surface area (Å²) >= 11 is 0. The molecule has 1 aromatic carbocycles. The van der Waals surface area contributed by atoms with Crippen LogP contribution in [0.3, 0.4) is 0 Å². The van der Waals surface area contributed by atoms with Gasteiger partial charge in [0.25, 0.3) is 5.69 Å². The maximum atomic E-state index is 11.8. The summed E-state index contributed by atoms with van der Waals surface area (Å²) in [4.78, 5) is 26.1. The van der Waals surface area contributed by atoms with Gasteiger partial charge in [0.05, 0.1) is 10.5 Å². The zero-order valence-corrected chi connectivity index (χ0v) is 11.9. The van der Waals surface area contributed by atoms with E-state index < -0.39 is 17.0 Å². The van der Waals surface area contributed by atoms with Crippen LogP contribution in [-0.4, -0.2) is 15.9 Å². The van der Waals surface area contributed by atoms with Gasteiger partial charge >= 0.3 is 5.97 Å². The third-order valence-electron chi connectivity index (χ3n) is 3.00. The molecule has 0 unspecified atom stereocenters. The van der Waals surface area contributed by atoms with Crippen LogP contribution in [0.2, 0.25) is 0 Å². The number of para-hydroxylation sites is 1. The van der Waals surface area contributed by atoms with Crippen LogP contribution < -0.4 is 0 Å². The van der Waals surface area contributed by atoms with E-state index in [1.165, 1.54) is 18.2 Å². The van der Waals surface area contributed by atoms with Gasteiger partial charge < -0.3 is 4.74 Å².